The lowest BCUT2D eigenvalue weighted by atomic mass is 9.93. The Balaban J connectivity index is 1.53. The van der Waals surface area contributed by atoms with Gasteiger partial charge in [0.1, 0.15) is 0 Å². The summed E-state index contributed by atoms with van der Waals surface area (Å²) in [6, 6.07) is 8.21. The predicted molar refractivity (Wildman–Crippen MR) is 96.7 cm³/mol. The van der Waals surface area contributed by atoms with Gasteiger partial charge in [0, 0.05) is 24.9 Å². The monoisotopic (exact) mass is 328 g/mol. The van der Waals surface area contributed by atoms with E-state index in [9.17, 15) is 4.79 Å². The second-order valence-electron chi connectivity index (χ2n) is 6.87. The number of aromatic nitrogens is 2. The van der Waals surface area contributed by atoms with E-state index in [2.05, 4.69) is 41.4 Å². The van der Waals surface area contributed by atoms with E-state index < -0.39 is 0 Å². The van der Waals surface area contributed by atoms with Gasteiger partial charge in [-0.25, -0.2) is 0 Å². The summed E-state index contributed by atoms with van der Waals surface area (Å²) in [5.41, 5.74) is 2.09. The molecule has 1 aromatic heterocycles. The molecule has 1 aromatic carbocycles. The van der Waals surface area contributed by atoms with Crippen LogP contribution in [0.5, 0.6) is 0 Å². The van der Waals surface area contributed by atoms with E-state index in [-0.39, 0.29) is 5.91 Å². The molecule has 1 aliphatic rings. The number of benzene rings is 1. The van der Waals surface area contributed by atoms with Gasteiger partial charge in [-0.15, -0.1) is 0 Å². The molecule has 24 heavy (non-hydrogen) atoms. The first-order valence-electron chi connectivity index (χ1n) is 9.07. The maximum atomic E-state index is 12.2. The number of amides is 1. The molecule has 1 amide bonds. The Labute approximate surface area is 144 Å². The van der Waals surface area contributed by atoms with Gasteiger partial charge in [0.25, 0.3) is 0 Å². The summed E-state index contributed by atoms with van der Waals surface area (Å²) in [6.45, 7) is 5.75. The zero-order valence-electron chi connectivity index (χ0n) is 14.8. The summed E-state index contributed by atoms with van der Waals surface area (Å²) in [5, 5.41) is 8.82. The smallest absolute Gasteiger partial charge is 0.220 e. The average Bonchev–Trinajstić information content (AvgIpc) is 2.96. The fraction of sp³-hybridized carbons (Fsp3) is 0.579. The van der Waals surface area contributed by atoms with Crippen LogP contribution in [0.4, 0.5) is 0 Å². The number of likely N-dealkylation sites (tertiary alicyclic amines) is 1. The van der Waals surface area contributed by atoms with Crippen LogP contribution in [0.25, 0.3) is 10.9 Å². The van der Waals surface area contributed by atoms with Gasteiger partial charge in [0.2, 0.25) is 5.91 Å². The van der Waals surface area contributed by atoms with Crippen molar-refractivity contribution in [1.29, 1.82) is 0 Å². The van der Waals surface area contributed by atoms with E-state index in [1.165, 1.54) is 19.4 Å². The van der Waals surface area contributed by atoms with Gasteiger partial charge in [-0.05, 0) is 51.8 Å². The van der Waals surface area contributed by atoms with Gasteiger partial charge in [-0.2, -0.15) is 5.10 Å². The number of fused-ring (bicyclic) bond motifs is 1. The highest BCUT2D eigenvalue weighted by molar-refractivity contribution is 5.82. The number of piperidine rings is 1. The lowest BCUT2D eigenvalue weighted by molar-refractivity contribution is -0.121. The third-order valence-electron chi connectivity index (χ3n) is 4.99. The van der Waals surface area contributed by atoms with E-state index in [1.54, 1.807) is 0 Å². The molecule has 2 heterocycles. The lowest BCUT2D eigenvalue weighted by Crippen LogP contribution is -2.33. The highest BCUT2D eigenvalue weighted by Crippen LogP contribution is 2.20. The molecule has 3 rings (SSSR count). The molecule has 0 bridgehead atoms. The van der Waals surface area contributed by atoms with Crippen LogP contribution < -0.4 is 5.32 Å². The third kappa shape index (κ3) is 3.96. The number of rotatable bonds is 6. The summed E-state index contributed by atoms with van der Waals surface area (Å²) in [4.78, 5) is 14.6. The Kier molecular flexibility index (Phi) is 5.51. The molecule has 1 atom stereocenters. The van der Waals surface area contributed by atoms with Crippen molar-refractivity contribution in [2.45, 2.75) is 45.7 Å². The van der Waals surface area contributed by atoms with Crippen molar-refractivity contribution in [2.75, 3.05) is 20.1 Å². The molecule has 5 nitrogen and oxygen atoms in total. The SMILES string of the molecule is CCn1nc(CNC(=O)CC[C@H]2CCCN(C)C2)c2ccccc21. The van der Waals surface area contributed by atoms with Crippen molar-refractivity contribution in [3.63, 3.8) is 0 Å². The number of aryl methyl sites for hydroxylation is 1. The average molecular weight is 328 g/mol. The Morgan fingerprint density at radius 2 is 2.21 bits per heavy atom. The molecule has 2 aromatic rings. The lowest BCUT2D eigenvalue weighted by Gasteiger charge is -2.29. The van der Waals surface area contributed by atoms with E-state index in [0.717, 1.165) is 36.1 Å². The zero-order chi connectivity index (χ0) is 16.9. The van der Waals surface area contributed by atoms with E-state index in [4.69, 9.17) is 0 Å². The van der Waals surface area contributed by atoms with Crippen LogP contribution in [-0.4, -0.2) is 40.7 Å². The molecule has 5 heteroatoms. The summed E-state index contributed by atoms with van der Waals surface area (Å²) < 4.78 is 1.99. The highest BCUT2D eigenvalue weighted by Gasteiger charge is 2.18. The minimum atomic E-state index is 0.137. The van der Waals surface area contributed by atoms with Crippen LogP contribution in [0.2, 0.25) is 0 Å². The van der Waals surface area contributed by atoms with Gasteiger partial charge in [0.15, 0.2) is 0 Å². The first-order chi connectivity index (χ1) is 11.7. The van der Waals surface area contributed by atoms with Gasteiger partial charge in [0.05, 0.1) is 17.8 Å². The minimum absolute atomic E-state index is 0.137. The van der Waals surface area contributed by atoms with E-state index in [1.807, 2.05) is 16.8 Å². The molecular formula is C19H28N4O. The van der Waals surface area contributed by atoms with Crippen molar-refractivity contribution < 1.29 is 4.79 Å². The van der Waals surface area contributed by atoms with Gasteiger partial charge in [-0.3, -0.25) is 9.48 Å². The number of hydrogen-bond acceptors (Lipinski definition) is 3. The van der Waals surface area contributed by atoms with Crippen LogP contribution in [0.1, 0.15) is 38.3 Å². The molecule has 1 aliphatic heterocycles. The molecule has 0 radical (unpaired) electrons. The predicted octanol–water partition coefficient (Wildman–Crippen LogP) is 2.79. The van der Waals surface area contributed by atoms with Crippen molar-refractivity contribution in [3.05, 3.63) is 30.0 Å². The first-order valence-corrected chi connectivity index (χ1v) is 9.07. The molecule has 1 fully saturated rings. The molecule has 1 N–H and O–H groups in total. The maximum Gasteiger partial charge on any atom is 0.220 e. The number of carbonyl (C=O) groups is 1. The van der Waals surface area contributed by atoms with Crippen molar-refractivity contribution in [2.24, 2.45) is 5.92 Å². The largest absolute Gasteiger partial charge is 0.350 e. The summed E-state index contributed by atoms with van der Waals surface area (Å²) in [7, 11) is 2.17. The number of para-hydroxylation sites is 1. The van der Waals surface area contributed by atoms with Gasteiger partial charge >= 0.3 is 0 Å². The summed E-state index contributed by atoms with van der Waals surface area (Å²) >= 11 is 0. The number of hydrogen-bond donors (Lipinski definition) is 1. The molecule has 1 saturated heterocycles. The van der Waals surface area contributed by atoms with Crippen molar-refractivity contribution in [3.8, 4) is 0 Å². The second-order valence-corrected chi connectivity index (χ2v) is 6.87. The maximum absolute atomic E-state index is 12.2. The zero-order valence-corrected chi connectivity index (χ0v) is 14.8. The molecule has 0 saturated carbocycles. The number of carbonyl (C=O) groups excluding carboxylic acids is 1. The van der Waals surface area contributed by atoms with Crippen LogP contribution in [0.15, 0.2) is 24.3 Å². The molecule has 0 aliphatic carbocycles. The fourth-order valence-corrected chi connectivity index (χ4v) is 3.68. The van der Waals surface area contributed by atoms with Crippen molar-refractivity contribution in [1.82, 2.24) is 20.0 Å². The Morgan fingerprint density at radius 1 is 1.38 bits per heavy atom. The number of nitrogens with one attached hydrogen (secondary N) is 1. The minimum Gasteiger partial charge on any atom is -0.350 e. The first kappa shape index (κ1) is 17.0. The van der Waals surface area contributed by atoms with Crippen LogP contribution in [0, 0.1) is 5.92 Å². The van der Waals surface area contributed by atoms with E-state index >= 15 is 0 Å². The normalized spacial score (nSPS) is 18.8. The third-order valence-corrected chi connectivity index (χ3v) is 4.99. The fourth-order valence-electron chi connectivity index (χ4n) is 3.68. The Hall–Kier alpha value is -1.88. The van der Waals surface area contributed by atoms with E-state index in [0.29, 0.717) is 18.9 Å². The Bertz CT molecular complexity index is 694. The molecule has 130 valence electrons. The van der Waals surface area contributed by atoms with Gasteiger partial charge in [-0.1, -0.05) is 18.2 Å². The second kappa shape index (κ2) is 7.79. The molecule has 0 spiro atoms. The molecular weight excluding hydrogens is 300 g/mol. The summed E-state index contributed by atoms with van der Waals surface area (Å²) in [6.07, 6.45) is 4.11. The van der Waals surface area contributed by atoms with Crippen LogP contribution >= 0.6 is 0 Å². The molecule has 0 unspecified atom stereocenters. The van der Waals surface area contributed by atoms with Crippen LogP contribution in [-0.2, 0) is 17.9 Å². The van der Waals surface area contributed by atoms with Gasteiger partial charge < -0.3 is 10.2 Å². The Morgan fingerprint density at radius 3 is 3.00 bits per heavy atom. The standard InChI is InChI=1S/C19H28N4O/c1-3-23-18-9-5-4-8-16(18)17(21-23)13-20-19(24)11-10-15-7-6-12-22(2)14-15/h4-5,8-9,15H,3,6-7,10-14H2,1-2H3,(H,20,24)/t15-/m1/s1. The quantitative estimate of drug-likeness (QED) is 0.887. The number of nitrogens with zero attached hydrogens (tertiary/aromatic N) is 3. The summed E-state index contributed by atoms with van der Waals surface area (Å²) in [5.74, 6) is 0.799. The topological polar surface area (TPSA) is 50.2 Å². The highest BCUT2D eigenvalue weighted by atomic mass is 16.1. The van der Waals surface area contributed by atoms with Crippen LogP contribution in [0.3, 0.4) is 0 Å². The van der Waals surface area contributed by atoms with Crippen molar-refractivity contribution >= 4 is 16.8 Å².